The van der Waals surface area contributed by atoms with Crippen molar-refractivity contribution >= 4 is 11.8 Å². The van der Waals surface area contributed by atoms with Crippen LogP contribution in [0.4, 0.5) is 0 Å². The molecular weight excluding hydrogens is 168 g/mol. The molecule has 0 unspecified atom stereocenters. The molecule has 1 nitrogen and oxygen atoms in total. The monoisotopic (exact) mass is 190 g/mol. The lowest BCUT2D eigenvalue weighted by atomic mass is 10.1. The van der Waals surface area contributed by atoms with Gasteiger partial charge in [0.2, 0.25) is 0 Å². The second-order valence-electron chi connectivity index (χ2n) is 3.08. The predicted molar refractivity (Wildman–Crippen MR) is 57.7 cm³/mol. The molecule has 0 aromatic heterocycles. The third-order valence-corrected chi connectivity index (χ3v) is 2.25. The standard InChI is InChI=1S/C10H22OS/c1-3-4-5-6-7-8-9-11-10-12-2/h3-10H2,1-2H3. The Kier molecular flexibility index (Phi) is 11.6. The normalized spacial score (nSPS) is 10.5. The van der Waals surface area contributed by atoms with E-state index >= 15 is 0 Å². The first-order valence-electron chi connectivity index (χ1n) is 4.98. The van der Waals surface area contributed by atoms with E-state index in [1.807, 2.05) is 0 Å². The summed E-state index contributed by atoms with van der Waals surface area (Å²) in [4.78, 5) is 0. The molecule has 0 aliphatic rings. The SMILES string of the molecule is CCCCCCCCOCSC. The van der Waals surface area contributed by atoms with Gasteiger partial charge in [0.25, 0.3) is 0 Å². The zero-order valence-corrected chi connectivity index (χ0v) is 9.29. The van der Waals surface area contributed by atoms with Crippen molar-refractivity contribution in [2.24, 2.45) is 0 Å². The minimum absolute atomic E-state index is 0.856. The largest absolute Gasteiger partial charge is 0.371 e. The summed E-state index contributed by atoms with van der Waals surface area (Å²) in [5.41, 5.74) is 0. The van der Waals surface area contributed by atoms with Gasteiger partial charge in [0.05, 0.1) is 5.94 Å². The molecule has 0 amide bonds. The smallest absolute Gasteiger partial charge is 0.0918 e. The molecule has 0 radical (unpaired) electrons. The molecule has 0 rings (SSSR count). The number of unbranched alkanes of at least 4 members (excludes halogenated alkanes) is 5. The van der Waals surface area contributed by atoms with Gasteiger partial charge in [-0.3, -0.25) is 0 Å². The van der Waals surface area contributed by atoms with Crippen LogP contribution in [0.1, 0.15) is 45.4 Å². The molecule has 0 spiro atoms. The van der Waals surface area contributed by atoms with Crippen LogP contribution < -0.4 is 0 Å². The Bertz CT molecular complexity index is 66.2. The van der Waals surface area contributed by atoms with Crippen LogP contribution in [0.15, 0.2) is 0 Å². The molecule has 0 heterocycles. The highest BCUT2D eigenvalue weighted by Crippen LogP contribution is 2.05. The first-order chi connectivity index (χ1) is 5.91. The summed E-state index contributed by atoms with van der Waals surface area (Å²) >= 11 is 1.75. The number of ether oxygens (including phenoxy) is 1. The highest BCUT2D eigenvalue weighted by atomic mass is 32.2. The predicted octanol–water partition coefficient (Wildman–Crippen LogP) is 3.68. The van der Waals surface area contributed by atoms with E-state index in [-0.39, 0.29) is 0 Å². The van der Waals surface area contributed by atoms with Crippen molar-refractivity contribution in [2.45, 2.75) is 45.4 Å². The fourth-order valence-corrected chi connectivity index (χ4v) is 1.41. The Labute approximate surface area is 81.3 Å². The van der Waals surface area contributed by atoms with Gasteiger partial charge in [0.1, 0.15) is 0 Å². The molecule has 0 saturated heterocycles. The van der Waals surface area contributed by atoms with Crippen LogP contribution in [0.25, 0.3) is 0 Å². The van der Waals surface area contributed by atoms with Gasteiger partial charge >= 0.3 is 0 Å². The van der Waals surface area contributed by atoms with Crippen molar-refractivity contribution < 1.29 is 4.74 Å². The topological polar surface area (TPSA) is 9.23 Å². The summed E-state index contributed by atoms with van der Waals surface area (Å²) in [6.07, 6.45) is 10.2. The summed E-state index contributed by atoms with van der Waals surface area (Å²) in [5.74, 6) is 0.856. The molecule has 0 N–H and O–H groups in total. The van der Waals surface area contributed by atoms with Gasteiger partial charge in [-0.1, -0.05) is 39.0 Å². The van der Waals surface area contributed by atoms with Gasteiger partial charge in [-0.05, 0) is 12.7 Å². The molecule has 0 saturated carbocycles. The lowest BCUT2D eigenvalue weighted by Gasteiger charge is -2.01. The van der Waals surface area contributed by atoms with Crippen molar-refractivity contribution in [1.82, 2.24) is 0 Å². The zero-order valence-electron chi connectivity index (χ0n) is 8.47. The van der Waals surface area contributed by atoms with Crippen molar-refractivity contribution in [1.29, 1.82) is 0 Å². The number of thioether (sulfide) groups is 1. The summed E-state index contributed by atoms with van der Waals surface area (Å²) in [6.45, 7) is 3.20. The second kappa shape index (κ2) is 11.3. The summed E-state index contributed by atoms with van der Waals surface area (Å²) < 4.78 is 5.35. The third kappa shape index (κ3) is 10.3. The van der Waals surface area contributed by atoms with E-state index < -0.39 is 0 Å². The average molecular weight is 190 g/mol. The average Bonchev–Trinajstić information content (AvgIpc) is 2.10. The van der Waals surface area contributed by atoms with E-state index in [0.29, 0.717) is 0 Å². The fraction of sp³-hybridized carbons (Fsp3) is 1.00. The van der Waals surface area contributed by atoms with Gasteiger partial charge in [-0.15, -0.1) is 11.8 Å². The van der Waals surface area contributed by atoms with Crippen LogP contribution in [-0.2, 0) is 4.74 Å². The van der Waals surface area contributed by atoms with Crippen LogP contribution >= 0.6 is 11.8 Å². The van der Waals surface area contributed by atoms with E-state index in [4.69, 9.17) is 4.74 Å². The molecule has 0 aromatic rings. The highest BCUT2D eigenvalue weighted by Gasteiger charge is 1.89. The van der Waals surface area contributed by atoms with Crippen molar-refractivity contribution in [3.8, 4) is 0 Å². The van der Waals surface area contributed by atoms with Crippen LogP contribution in [0.5, 0.6) is 0 Å². The minimum atomic E-state index is 0.856. The lowest BCUT2D eigenvalue weighted by molar-refractivity contribution is 0.177. The molecule has 74 valence electrons. The van der Waals surface area contributed by atoms with Gasteiger partial charge in [-0.2, -0.15) is 0 Å². The van der Waals surface area contributed by atoms with Crippen LogP contribution in [0, 0.1) is 0 Å². The third-order valence-electron chi connectivity index (χ3n) is 1.84. The quantitative estimate of drug-likeness (QED) is 0.405. The first-order valence-corrected chi connectivity index (χ1v) is 6.38. The zero-order chi connectivity index (χ0) is 9.07. The van der Waals surface area contributed by atoms with Crippen LogP contribution in [-0.4, -0.2) is 18.8 Å². The summed E-state index contributed by atoms with van der Waals surface area (Å²) in [6, 6.07) is 0. The van der Waals surface area contributed by atoms with Crippen molar-refractivity contribution in [2.75, 3.05) is 18.8 Å². The van der Waals surface area contributed by atoms with Gasteiger partial charge in [0, 0.05) is 6.61 Å². The Morgan fingerprint density at radius 2 is 1.67 bits per heavy atom. The Balaban J connectivity index is 2.73. The molecule has 0 bridgehead atoms. The van der Waals surface area contributed by atoms with Gasteiger partial charge in [-0.25, -0.2) is 0 Å². The molecule has 0 aromatic carbocycles. The molecule has 0 fully saturated rings. The number of hydrogen-bond donors (Lipinski definition) is 0. The van der Waals surface area contributed by atoms with E-state index in [1.165, 1.54) is 38.5 Å². The lowest BCUT2D eigenvalue weighted by Crippen LogP contribution is -1.93. The van der Waals surface area contributed by atoms with Crippen LogP contribution in [0.3, 0.4) is 0 Å². The van der Waals surface area contributed by atoms with E-state index in [0.717, 1.165) is 12.5 Å². The Morgan fingerprint density at radius 1 is 1.00 bits per heavy atom. The highest BCUT2D eigenvalue weighted by molar-refractivity contribution is 7.98. The van der Waals surface area contributed by atoms with E-state index in [1.54, 1.807) is 11.8 Å². The maximum absolute atomic E-state index is 5.35. The van der Waals surface area contributed by atoms with E-state index in [9.17, 15) is 0 Å². The van der Waals surface area contributed by atoms with Gasteiger partial charge < -0.3 is 4.74 Å². The number of rotatable bonds is 9. The molecule has 0 atom stereocenters. The maximum Gasteiger partial charge on any atom is 0.0918 e. The van der Waals surface area contributed by atoms with Crippen molar-refractivity contribution in [3.63, 3.8) is 0 Å². The molecule has 0 aliphatic heterocycles. The Hall–Kier alpha value is 0.310. The summed E-state index contributed by atoms with van der Waals surface area (Å²) in [7, 11) is 0. The van der Waals surface area contributed by atoms with E-state index in [2.05, 4.69) is 13.2 Å². The maximum atomic E-state index is 5.35. The van der Waals surface area contributed by atoms with Gasteiger partial charge in [0.15, 0.2) is 0 Å². The summed E-state index contributed by atoms with van der Waals surface area (Å²) in [5, 5.41) is 0. The minimum Gasteiger partial charge on any atom is -0.371 e. The van der Waals surface area contributed by atoms with Crippen molar-refractivity contribution in [3.05, 3.63) is 0 Å². The number of hydrogen-bond acceptors (Lipinski definition) is 2. The second-order valence-corrected chi connectivity index (χ2v) is 3.90. The van der Waals surface area contributed by atoms with Crippen LogP contribution in [0.2, 0.25) is 0 Å². The molecule has 12 heavy (non-hydrogen) atoms. The molecule has 2 heteroatoms. The molecule has 0 aliphatic carbocycles. The Morgan fingerprint density at radius 3 is 2.33 bits per heavy atom. The molecular formula is C10H22OS. The first kappa shape index (κ1) is 12.3. The fourth-order valence-electron chi connectivity index (χ4n) is 1.13.